The Morgan fingerprint density at radius 2 is 1.72 bits per heavy atom. The van der Waals surface area contributed by atoms with Gasteiger partial charge in [-0.25, -0.2) is 0 Å². The van der Waals surface area contributed by atoms with Gasteiger partial charge in [-0.2, -0.15) is 0 Å². The van der Waals surface area contributed by atoms with E-state index in [1.54, 1.807) is 13.3 Å². The van der Waals surface area contributed by atoms with Gasteiger partial charge in [0.15, 0.2) is 5.96 Å². The number of rotatable bonds is 15. The summed E-state index contributed by atoms with van der Waals surface area (Å²) in [5.41, 5.74) is 2.53. The monoisotopic (exact) mass is 558 g/mol. The van der Waals surface area contributed by atoms with Crippen molar-refractivity contribution in [3.05, 3.63) is 59.5 Å². The molecule has 8 heteroatoms. The number of benzene rings is 1. The SMILES string of the molecule is CCCCOCCOCCNC(=NC)NCc1ccccc1CN(C)Cc1ccco1.I. The van der Waals surface area contributed by atoms with Crippen molar-refractivity contribution in [3.8, 4) is 0 Å². The molecule has 0 spiro atoms. The van der Waals surface area contributed by atoms with E-state index < -0.39 is 0 Å². The van der Waals surface area contributed by atoms with E-state index in [1.165, 1.54) is 11.1 Å². The highest BCUT2D eigenvalue weighted by Gasteiger charge is 2.08. The molecule has 0 bridgehead atoms. The third kappa shape index (κ3) is 11.8. The van der Waals surface area contributed by atoms with Crippen molar-refractivity contribution in [2.45, 2.75) is 39.4 Å². The maximum absolute atomic E-state index is 5.59. The van der Waals surface area contributed by atoms with Gasteiger partial charge >= 0.3 is 0 Å². The summed E-state index contributed by atoms with van der Waals surface area (Å²) in [7, 11) is 3.88. The largest absolute Gasteiger partial charge is 0.468 e. The first-order valence-corrected chi connectivity index (χ1v) is 11.1. The van der Waals surface area contributed by atoms with Gasteiger partial charge in [-0.05, 0) is 36.7 Å². The van der Waals surface area contributed by atoms with Crippen LogP contribution in [0.25, 0.3) is 0 Å². The van der Waals surface area contributed by atoms with Crippen LogP contribution in [0.4, 0.5) is 0 Å². The lowest BCUT2D eigenvalue weighted by atomic mass is 10.1. The standard InChI is InChI=1S/C24H38N4O3.HI/c1-4-5-13-29-16-17-30-15-12-26-24(25-2)27-18-21-9-6-7-10-22(21)19-28(3)20-23-11-8-14-31-23;/h6-11,14H,4-5,12-13,15-20H2,1-3H3,(H2,25,26,27);1H. The maximum atomic E-state index is 5.59. The Hall–Kier alpha value is -1.62. The van der Waals surface area contributed by atoms with Crippen molar-refractivity contribution in [1.82, 2.24) is 15.5 Å². The first kappa shape index (κ1) is 28.4. The van der Waals surface area contributed by atoms with Crippen LogP contribution < -0.4 is 10.6 Å². The molecule has 0 atom stereocenters. The van der Waals surface area contributed by atoms with Crippen LogP contribution in [0.1, 0.15) is 36.7 Å². The molecule has 1 aromatic heterocycles. The second kappa shape index (κ2) is 17.9. The highest BCUT2D eigenvalue weighted by molar-refractivity contribution is 14.0. The maximum Gasteiger partial charge on any atom is 0.191 e. The van der Waals surface area contributed by atoms with Gasteiger partial charge in [-0.15, -0.1) is 24.0 Å². The molecule has 0 unspecified atom stereocenters. The Kier molecular flexibility index (Phi) is 15.9. The van der Waals surface area contributed by atoms with Crippen LogP contribution in [0, 0.1) is 0 Å². The van der Waals surface area contributed by atoms with Gasteiger partial charge in [0.2, 0.25) is 0 Å². The van der Waals surface area contributed by atoms with Crippen molar-refractivity contribution in [3.63, 3.8) is 0 Å². The summed E-state index contributed by atoms with van der Waals surface area (Å²) in [6.07, 6.45) is 3.97. The molecule has 1 heterocycles. The van der Waals surface area contributed by atoms with Gasteiger partial charge < -0.3 is 24.5 Å². The molecule has 0 radical (unpaired) electrons. The molecule has 7 nitrogen and oxygen atoms in total. The van der Waals surface area contributed by atoms with Crippen LogP contribution in [0.3, 0.4) is 0 Å². The number of hydrogen-bond acceptors (Lipinski definition) is 5. The lowest BCUT2D eigenvalue weighted by Crippen LogP contribution is -2.38. The zero-order chi connectivity index (χ0) is 22.2. The minimum Gasteiger partial charge on any atom is -0.468 e. The van der Waals surface area contributed by atoms with Gasteiger partial charge in [0.1, 0.15) is 5.76 Å². The number of hydrogen-bond donors (Lipinski definition) is 2. The molecule has 1 aromatic carbocycles. The van der Waals surface area contributed by atoms with E-state index in [9.17, 15) is 0 Å². The summed E-state index contributed by atoms with van der Waals surface area (Å²) in [6, 6.07) is 12.4. The molecule has 2 N–H and O–H groups in total. The predicted octanol–water partition coefficient (Wildman–Crippen LogP) is 4.03. The fourth-order valence-corrected chi connectivity index (χ4v) is 3.11. The lowest BCUT2D eigenvalue weighted by molar-refractivity contribution is 0.0487. The molecule has 2 rings (SSSR count). The van der Waals surface area contributed by atoms with Crippen LogP contribution in [-0.2, 0) is 29.1 Å². The molecule has 0 amide bonds. The topological polar surface area (TPSA) is 71.3 Å². The summed E-state index contributed by atoms with van der Waals surface area (Å²) < 4.78 is 16.5. The molecule has 180 valence electrons. The van der Waals surface area contributed by atoms with E-state index >= 15 is 0 Å². The molecule has 32 heavy (non-hydrogen) atoms. The first-order chi connectivity index (χ1) is 15.2. The molecule has 0 aliphatic carbocycles. The van der Waals surface area contributed by atoms with Gasteiger partial charge in [0, 0.05) is 33.3 Å². The molecule has 2 aromatic rings. The number of halogens is 1. The zero-order valence-corrected chi connectivity index (χ0v) is 22.0. The average Bonchev–Trinajstić information content (AvgIpc) is 3.28. The first-order valence-electron chi connectivity index (χ1n) is 11.1. The van der Waals surface area contributed by atoms with Crippen LogP contribution in [0.2, 0.25) is 0 Å². The normalized spacial score (nSPS) is 11.4. The smallest absolute Gasteiger partial charge is 0.191 e. The van der Waals surface area contributed by atoms with Crippen molar-refractivity contribution in [2.75, 3.05) is 47.1 Å². The van der Waals surface area contributed by atoms with E-state index in [-0.39, 0.29) is 24.0 Å². The highest BCUT2D eigenvalue weighted by Crippen LogP contribution is 2.13. The summed E-state index contributed by atoms with van der Waals surface area (Å²) in [5.74, 6) is 1.74. The Morgan fingerprint density at radius 1 is 0.969 bits per heavy atom. The third-order valence-electron chi connectivity index (χ3n) is 4.79. The van der Waals surface area contributed by atoms with Crippen molar-refractivity contribution >= 4 is 29.9 Å². The van der Waals surface area contributed by atoms with E-state index in [4.69, 9.17) is 13.9 Å². The Morgan fingerprint density at radius 3 is 2.41 bits per heavy atom. The van der Waals surface area contributed by atoms with E-state index in [0.29, 0.717) is 32.9 Å². The summed E-state index contributed by atoms with van der Waals surface area (Å²) in [5, 5.41) is 6.68. The molecule has 0 aliphatic rings. The number of furan rings is 1. The van der Waals surface area contributed by atoms with Crippen molar-refractivity contribution in [1.29, 1.82) is 0 Å². The average molecular weight is 559 g/mol. The third-order valence-corrected chi connectivity index (χ3v) is 4.79. The number of guanidine groups is 1. The van der Waals surface area contributed by atoms with Crippen LogP contribution in [0.5, 0.6) is 0 Å². The van der Waals surface area contributed by atoms with Gasteiger partial charge in [-0.1, -0.05) is 37.6 Å². The number of aliphatic imine (C=N–C) groups is 1. The van der Waals surface area contributed by atoms with Crippen LogP contribution in [-0.4, -0.2) is 57.9 Å². The number of nitrogens with zero attached hydrogens (tertiary/aromatic N) is 2. The summed E-state index contributed by atoms with van der Waals surface area (Å²) in [6.45, 7) is 7.89. The minimum absolute atomic E-state index is 0. The molecular weight excluding hydrogens is 519 g/mol. The summed E-state index contributed by atoms with van der Waals surface area (Å²) in [4.78, 5) is 6.55. The van der Waals surface area contributed by atoms with Crippen molar-refractivity contribution in [2.24, 2.45) is 4.99 Å². The fourth-order valence-electron chi connectivity index (χ4n) is 3.11. The Balaban J connectivity index is 0.00000512. The van der Waals surface area contributed by atoms with Gasteiger partial charge in [0.05, 0.1) is 32.6 Å². The van der Waals surface area contributed by atoms with Crippen LogP contribution >= 0.6 is 24.0 Å². The second-order valence-electron chi connectivity index (χ2n) is 7.45. The van der Waals surface area contributed by atoms with E-state index in [2.05, 4.69) is 58.8 Å². The quantitative estimate of drug-likeness (QED) is 0.149. The number of ether oxygens (including phenoxy) is 2. The lowest BCUT2D eigenvalue weighted by Gasteiger charge is -2.19. The van der Waals surface area contributed by atoms with E-state index in [0.717, 1.165) is 44.3 Å². The summed E-state index contributed by atoms with van der Waals surface area (Å²) >= 11 is 0. The van der Waals surface area contributed by atoms with Crippen LogP contribution in [0.15, 0.2) is 52.1 Å². The molecule has 0 fully saturated rings. The zero-order valence-electron chi connectivity index (χ0n) is 19.6. The Bertz CT molecular complexity index is 741. The van der Waals surface area contributed by atoms with Gasteiger partial charge in [-0.3, -0.25) is 9.89 Å². The molecular formula is C24H39IN4O3. The Labute approximate surface area is 210 Å². The van der Waals surface area contributed by atoms with Gasteiger partial charge in [0.25, 0.3) is 0 Å². The van der Waals surface area contributed by atoms with E-state index in [1.807, 2.05) is 12.1 Å². The minimum atomic E-state index is 0. The highest BCUT2D eigenvalue weighted by atomic mass is 127. The number of nitrogens with one attached hydrogen (secondary N) is 2. The number of unbranched alkanes of at least 4 members (excludes halogenated alkanes) is 1. The predicted molar refractivity (Wildman–Crippen MR) is 140 cm³/mol. The molecule has 0 saturated heterocycles. The molecule has 0 saturated carbocycles. The fraction of sp³-hybridized carbons (Fsp3) is 0.542. The van der Waals surface area contributed by atoms with Crippen molar-refractivity contribution < 1.29 is 13.9 Å². The molecule has 0 aliphatic heterocycles. The second-order valence-corrected chi connectivity index (χ2v) is 7.45.